The number of piperidine rings is 1. The average Bonchev–Trinajstić information content (AvgIpc) is 2.98. The molecule has 2 aliphatic rings. The van der Waals surface area contributed by atoms with Crippen molar-refractivity contribution >= 4 is 28.3 Å². The molecule has 0 radical (unpaired) electrons. The van der Waals surface area contributed by atoms with Crippen molar-refractivity contribution in [1.29, 1.82) is 0 Å². The number of nitrogen functional groups attached to an aromatic ring is 1. The molecule has 104 valence electrons. The van der Waals surface area contributed by atoms with Crippen LogP contribution < -0.4 is 16.4 Å². The Kier molecular flexibility index (Phi) is 3.12. The van der Waals surface area contributed by atoms with Crippen LogP contribution in [0, 0.1) is 5.41 Å². The molecule has 3 rings (SSSR count). The molecular formula is C13H20N4OS. The van der Waals surface area contributed by atoms with Gasteiger partial charge in [0.05, 0.1) is 0 Å². The largest absolute Gasteiger partial charge is 0.382 e. The molecule has 1 spiro atoms. The van der Waals surface area contributed by atoms with Crippen LogP contribution >= 0.6 is 11.5 Å². The smallest absolute Gasteiger partial charge is 0.255 e. The number of amides is 1. The zero-order chi connectivity index (χ0) is 13.5. The molecule has 1 aliphatic carbocycles. The first-order chi connectivity index (χ1) is 9.11. The maximum Gasteiger partial charge on any atom is 0.255 e. The van der Waals surface area contributed by atoms with Crippen LogP contribution in [0.15, 0.2) is 0 Å². The van der Waals surface area contributed by atoms with Gasteiger partial charge < -0.3 is 16.4 Å². The highest BCUT2D eigenvalue weighted by Gasteiger charge is 2.38. The zero-order valence-corrected chi connectivity index (χ0v) is 11.8. The Bertz CT molecular complexity index is 483. The molecule has 2 heterocycles. The summed E-state index contributed by atoms with van der Waals surface area (Å²) in [7, 11) is 0. The summed E-state index contributed by atoms with van der Waals surface area (Å²) in [6, 6.07) is 0. The van der Waals surface area contributed by atoms with Crippen LogP contribution in [0.5, 0.6) is 0 Å². The van der Waals surface area contributed by atoms with E-state index in [4.69, 9.17) is 11.5 Å². The lowest BCUT2D eigenvalue weighted by atomic mass is 9.77. The van der Waals surface area contributed by atoms with Crippen molar-refractivity contribution in [2.24, 2.45) is 11.1 Å². The number of nitrogens with two attached hydrogens (primary N) is 2. The quantitative estimate of drug-likeness (QED) is 0.867. The number of hydrogen-bond donors (Lipinski definition) is 2. The number of rotatable bonds is 2. The van der Waals surface area contributed by atoms with E-state index < -0.39 is 5.91 Å². The molecule has 2 fully saturated rings. The summed E-state index contributed by atoms with van der Waals surface area (Å²) in [4.78, 5) is 13.7. The molecule has 1 aromatic rings. The molecule has 0 aromatic carbocycles. The summed E-state index contributed by atoms with van der Waals surface area (Å²) < 4.78 is 4.08. The average molecular weight is 280 g/mol. The first kappa shape index (κ1) is 12.7. The van der Waals surface area contributed by atoms with E-state index in [0.29, 0.717) is 11.0 Å². The van der Waals surface area contributed by atoms with Crippen LogP contribution in [0.4, 0.5) is 10.8 Å². The Morgan fingerprint density at radius 2 is 1.84 bits per heavy atom. The predicted molar refractivity (Wildman–Crippen MR) is 77.4 cm³/mol. The van der Waals surface area contributed by atoms with Gasteiger partial charge in [0.15, 0.2) is 5.82 Å². The lowest BCUT2D eigenvalue weighted by Gasteiger charge is -2.39. The van der Waals surface area contributed by atoms with Crippen molar-refractivity contribution < 1.29 is 4.79 Å². The second-order valence-electron chi connectivity index (χ2n) is 5.81. The van der Waals surface area contributed by atoms with Gasteiger partial charge in [-0.05, 0) is 42.6 Å². The summed E-state index contributed by atoms with van der Waals surface area (Å²) in [6.45, 7) is 1.98. The minimum absolute atomic E-state index is 0.272. The first-order valence-electron chi connectivity index (χ1n) is 6.91. The second-order valence-corrected chi connectivity index (χ2v) is 6.56. The van der Waals surface area contributed by atoms with Crippen molar-refractivity contribution in [3.63, 3.8) is 0 Å². The third kappa shape index (κ3) is 2.18. The Morgan fingerprint density at radius 3 is 2.42 bits per heavy atom. The lowest BCUT2D eigenvalue weighted by Crippen LogP contribution is -2.39. The van der Waals surface area contributed by atoms with Gasteiger partial charge in [-0.1, -0.05) is 12.8 Å². The van der Waals surface area contributed by atoms with Gasteiger partial charge in [0, 0.05) is 13.1 Å². The molecule has 1 saturated carbocycles. The number of aromatic nitrogens is 1. The summed E-state index contributed by atoms with van der Waals surface area (Å²) in [6.07, 6.45) is 7.91. The monoisotopic (exact) mass is 280 g/mol. The number of carbonyl (C=O) groups excluding carboxylic acids is 1. The molecule has 0 unspecified atom stereocenters. The fourth-order valence-electron chi connectivity index (χ4n) is 3.55. The topological polar surface area (TPSA) is 85.2 Å². The van der Waals surface area contributed by atoms with Crippen LogP contribution in [0.3, 0.4) is 0 Å². The lowest BCUT2D eigenvalue weighted by molar-refractivity contribution is 0.100. The fraction of sp³-hybridized carbons (Fsp3) is 0.692. The van der Waals surface area contributed by atoms with Gasteiger partial charge in [-0.3, -0.25) is 4.79 Å². The Morgan fingerprint density at radius 1 is 1.21 bits per heavy atom. The Balaban J connectivity index is 1.76. The highest BCUT2D eigenvalue weighted by Crippen LogP contribution is 2.47. The summed E-state index contributed by atoms with van der Waals surface area (Å²) in [5.41, 5.74) is 12.1. The number of primary amides is 1. The summed E-state index contributed by atoms with van der Waals surface area (Å²) >= 11 is 1.29. The Hall–Kier alpha value is -1.30. The van der Waals surface area contributed by atoms with E-state index in [0.717, 1.165) is 18.1 Å². The Labute approximate surface area is 117 Å². The SMILES string of the molecule is NC(=O)c1c(N)nsc1N1CCC2(CCCC2)CC1. The normalized spacial score (nSPS) is 22.0. The van der Waals surface area contributed by atoms with Gasteiger partial charge >= 0.3 is 0 Å². The van der Waals surface area contributed by atoms with Gasteiger partial charge in [-0.25, -0.2) is 0 Å². The minimum Gasteiger partial charge on any atom is -0.382 e. The molecule has 19 heavy (non-hydrogen) atoms. The zero-order valence-electron chi connectivity index (χ0n) is 11.0. The van der Waals surface area contributed by atoms with Crippen LogP contribution in [-0.4, -0.2) is 23.4 Å². The molecule has 0 bridgehead atoms. The van der Waals surface area contributed by atoms with Crippen LogP contribution in [0.1, 0.15) is 48.9 Å². The van der Waals surface area contributed by atoms with Crippen molar-refractivity contribution in [1.82, 2.24) is 4.37 Å². The van der Waals surface area contributed by atoms with E-state index in [1.54, 1.807) is 0 Å². The molecule has 0 atom stereocenters. The maximum absolute atomic E-state index is 11.5. The van der Waals surface area contributed by atoms with E-state index >= 15 is 0 Å². The molecular weight excluding hydrogens is 260 g/mol. The van der Waals surface area contributed by atoms with Gasteiger partial charge in [-0.15, -0.1) is 0 Å². The van der Waals surface area contributed by atoms with E-state index in [9.17, 15) is 4.79 Å². The summed E-state index contributed by atoms with van der Waals surface area (Å²) in [5, 5.41) is 0.859. The van der Waals surface area contributed by atoms with Crippen molar-refractivity contribution in [2.75, 3.05) is 23.7 Å². The molecule has 4 N–H and O–H groups in total. The highest BCUT2D eigenvalue weighted by molar-refractivity contribution is 7.11. The van der Waals surface area contributed by atoms with E-state index in [1.807, 2.05) is 0 Å². The first-order valence-corrected chi connectivity index (χ1v) is 7.69. The maximum atomic E-state index is 11.5. The van der Waals surface area contributed by atoms with E-state index in [1.165, 1.54) is 50.1 Å². The third-order valence-corrected chi connectivity index (χ3v) is 5.65. The van der Waals surface area contributed by atoms with Gasteiger partial charge in [-0.2, -0.15) is 4.37 Å². The molecule has 1 aliphatic heterocycles. The van der Waals surface area contributed by atoms with Gasteiger partial charge in [0.1, 0.15) is 10.6 Å². The van der Waals surface area contributed by atoms with Crippen LogP contribution in [0.25, 0.3) is 0 Å². The van der Waals surface area contributed by atoms with E-state index in [-0.39, 0.29) is 5.82 Å². The highest BCUT2D eigenvalue weighted by atomic mass is 32.1. The molecule has 6 heteroatoms. The van der Waals surface area contributed by atoms with Gasteiger partial charge in [0.25, 0.3) is 5.91 Å². The van der Waals surface area contributed by atoms with Crippen molar-refractivity contribution in [3.8, 4) is 0 Å². The van der Waals surface area contributed by atoms with Gasteiger partial charge in [0.2, 0.25) is 0 Å². The number of carbonyl (C=O) groups is 1. The molecule has 1 saturated heterocycles. The fourth-order valence-corrected chi connectivity index (χ4v) is 4.42. The van der Waals surface area contributed by atoms with Crippen LogP contribution in [0.2, 0.25) is 0 Å². The van der Waals surface area contributed by atoms with Crippen LogP contribution in [-0.2, 0) is 0 Å². The van der Waals surface area contributed by atoms with Crippen molar-refractivity contribution in [2.45, 2.75) is 38.5 Å². The second kappa shape index (κ2) is 4.67. The summed E-state index contributed by atoms with van der Waals surface area (Å²) in [5.74, 6) is -0.198. The molecule has 1 aromatic heterocycles. The van der Waals surface area contributed by atoms with E-state index in [2.05, 4.69) is 9.27 Å². The number of anilines is 2. The molecule has 1 amide bonds. The predicted octanol–water partition coefficient (Wildman–Crippen LogP) is 1.98. The number of hydrogen-bond acceptors (Lipinski definition) is 5. The molecule has 5 nitrogen and oxygen atoms in total. The number of nitrogens with zero attached hydrogens (tertiary/aromatic N) is 2. The third-order valence-electron chi connectivity index (χ3n) is 4.72. The minimum atomic E-state index is -0.470. The van der Waals surface area contributed by atoms with Crippen molar-refractivity contribution in [3.05, 3.63) is 5.56 Å². The standard InChI is InChI=1S/C13H20N4OS/c14-10-9(11(15)18)12(19-16-10)17-7-5-13(6-8-17)3-1-2-4-13/h1-8H2,(H2,14,16)(H2,15,18).